The van der Waals surface area contributed by atoms with Crippen LogP contribution >= 0.6 is 11.3 Å². The Bertz CT molecular complexity index is 1370. The summed E-state index contributed by atoms with van der Waals surface area (Å²) in [5, 5.41) is 8.12. The van der Waals surface area contributed by atoms with Crippen molar-refractivity contribution in [2.24, 2.45) is 0 Å². The standard InChI is InChI=1S/C21H19FN4O3S2/c1-13-18-12-19(30-21(18)26(24-13)16-8-4-14(22)5-9-16)20(27)23-15-6-10-17(11-7-15)31(28,29)25(2)3/h4-12H,1-3H3,(H,23,27). The maximum absolute atomic E-state index is 13.3. The summed E-state index contributed by atoms with van der Waals surface area (Å²) in [6.07, 6.45) is 0. The number of amides is 1. The van der Waals surface area contributed by atoms with Gasteiger partial charge < -0.3 is 5.32 Å². The van der Waals surface area contributed by atoms with Crippen LogP contribution in [-0.4, -0.2) is 42.5 Å². The SMILES string of the molecule is Cc1nn(-c2ccc(F)cc2)c2sc(C(=O)Nc3ccc(S(=O)(=O)N(C)C)cc3)cc12. The van der Waals surface area contributed by atoms with Crippen molar-refractivity contribution < 1.29 is 17.6 Å². The molecule has 2 aromatic carbocycles. The minimum Gasteiger partial charge on any atom is -0.321 e. The average molecular weight is 459 g/mol. The number of aromatic nitrogens is 2. The molecule has 0 saturated heterocycles. The molecule has 0 saturated carbocycles. The van der Waals surface area contributed by atoms with Gasteiger partial charge in [0.1, 0.15) is 10.6 Å². The second kappa shape index (κ2) is 7.88. The molecule has 1 amide bonds. The first-order valence-corrected chi connectivity index (χ1v) is 11.5. The number of thiophene rings is 1. The van der Waals surface area contributed by atoms with Crippen LogP contribution in [0.15, 0.2) is 59.5 Å². The van der Waals surface area contributed by atoms with E-state index in [1.807, 2.05) is 6.92 Å². The highest BCUT2D eigenvalue weighted by atomic mass is 32.2. The van der Waals surface area contributed by atoms with Gasteiger partial charge in [-0.05, 0) is 61.5 Å². The minimum atomic E-state index is -3.53. The molecule has 31 heavy (non-hydrogen) atoms. The van der Waals surface area contributed by atoms with E-state index in [9.17, 15) is 17.6 Å². The smallest absolute Gasteiger partial charge is 0.265 e. The van der Waals surface area contributed by atoms with E-state index in [-0.39, 0.29) is 16.6 Å². The normalized spacial score (nSPS) is 11.9. The van der Waals surface area contributed by atoms with Crippen LogP contribution in [0.3, 0.4) is 0 Å². The zero-order valence-corrected chi connectivity index (χ0v) is 18.6. The Morgan fingerprint density at radius 2 is 1.74 bits per heavy atom. The minimum absolute atomic E-state index is 0.146. The van der Waals surface area contributed by atoms with E-state index < -0.39 is 10.0 Å². The van der Waals surface area contributed by atoms with Crippen molar-refractivity contribution in [2.75, 3.05) is 19.4 Å². The van der Waals surface area contributed by atoms with Crippen LogP contribution in [0.1, 0.15) is 15.4 Å². The van der Waals surface area contributed by atoms with Crippen LogP contribution < -0.4 is 5.32 Å². The van der Waals surface area contributed by atoms with Crippen LogP contribution in [0.2, 0.25) is 0 Å². The number of fused-ring (bicyclic) bond motifs is 1. The number of carbonyl (C=O) groups is 1. The van der Waals surface area contributed by atoms with E-state index >= 15 is 0 Å². The van der Waals surface area contributed by atoms with Gasteiger partial charge in [-0.3, -0.25) is 4.79 Å². The zero-order valence-electron chi connectivity index (χ0n) is 17.0. The number of carbonyl (C=O) groups excluding carboxylic acids is 1. The number of hydrogen-bond donors (Lipinski definition) is 1. The van der Waals surface area contributed by atoms with Gasteiger partial charge in [-0.1, -0.05) is 0 Å². The van der Waals surface area contributed by atoms with Gasteiger partial charge in [-0.2, -0.15) is 5.10 Å². The van der Waals surface area contributed by atoms with Crippen molar-refractivity contribution in [1.82, 2.24) is 14.1 Å². The molecule has 4 rings (SSSR count). The average Bonchev–Trinajstić information content (AvgIpc) is 3.30. The molecule has 0 aliphatic carbocycles. The Hall–Kier alpha value is -3.08. The molecule has 0 aliphatic heterocycles. The molecule has 0 bridgehead atoms. The number of anilines is 1. The van der Waals surface area contributed by atoms with Gasteiger partial charge in [0.2, 0.25) is 10.0 Å². The highest BCUT2D eigenvalue weighted by molar-refractivity contribution is 7.89. The summed E-state index contributed by atoms with van der Waals surface area (Å²) in [6, 6.07) is 13.7. The van der Waals surface area contributed by atoms with E-state index in [0.717, 1.165) is 20.2 Å². The quantitative estimate of drug-likeness (QED) is 0.489. The fourth-order valence-corrected chi connectivity index (χ4v) is 5.01. The Morgan fingerprint density at radius 1 is 1.10 bits per heavy atom. The topological polar surface area (TPSA) is 84.3 Å². The number of benzene rings is 2. The Labute approximate surface area is 182 Å². The molecule has 0 radical (unpaired) electrons. The monoisotopic (exact) mass is 458 g/mol. The molecule has 1 N–H and O–H groups in total. The summed E-state index contributed by atoms with van der Waals surface area (Å²) >= 11 is 1.27. The number of nitrogens with one attached hydrogen (secondary N) is 1. The largest absolute Gasteiger partial charge is 0.321 e. The molecular formula is C21H19FN4O3S2. The van der Waals surface area contributed by atoms with Crippen molar-refractivity contribution >= 4 is 43.2 Å². The molecule has 7 nitrogen and oxygen atoms in total. The zero-order chi connectivity index (χ0) is 22.3. The number of halogens is 1. The number of rotatable bonds is 5. The lowest BCUT2D eigenvalue weighted by molar-refractivity contribution is 0.103. The summed E-state index contributed by atoms with van der Waals surface area (Å²) in [4.78, 5) is 14.2. The summed E-state index contributed by atoms with van der Waals surface area (Å²) in [7, 11) is -0.613. The molecule has 0 unspecified atom stereocenters. The predicted molar refractivity (Wildman–Crippen MR) is 119 cm³/mol. The van der Waals surface area contributed by atoms with Gasteiger partial charge in [0.15, 0.2) is 0 Å². The maximum atomic E-state index is 13.3. The van der Waals surface area contributed by atoms with E-state index in [1.54, 1.807) is 35.0 Å². The highest BCUT2D eigenvalue weighted by Gasteiger charge is 2.19. The van der Waals surface area contributed by atoms with Crippen molar-refractivity contribution in [1.29, 1.82) is 0 Å². The molecule has 2 aromatic heterocycles. The lowest BCUT2D eigenvalue weighted by atomic mass is 10.3. The Balaban J connectivity index is 1.60. The first-order valence-electron chi connectivity index (χ1n) is 9.26. The van der Waals surface area contributed by atoms with E-state index in [0.29, 0.717) is 16.3 Å². The molecule has 2 heterocycles. The van der Waals surface area contributed by atoms with Crippen molar-refractivity contribution in [2.45, 2.75) is 11.8 Å². The van der Waals surface area contributed by atoms with Gasteiger partial charge in [0.25, 0.3) is 5.91 Å². The fraction of sp³-hybridized carbons (Fsp3) is 0.143. The van der Waals surface area contributed by atoms with Crippen LogP contribution in [0.5, 0.6) is 0 Å². The predicted octanol–water partition coefficient (Wildman–Crippen LogP) is 4.04. The Kier molecular flexibility index (Phi) is 5.38. The van der Waals surface area contributed by atoms with Gasteiger partial charge in [0, 0.05) is 25.2 Å². The number of sulfonamides is 1. The van der Waals surface area contributed by atoms with E-state index in [2.05, 4.69) is 10.4 Å². The molecule has 0 fully saturated rings. The molecule has 10 heteroatoms. The first kappa shape index (κ1) is 21.2. The summed E-state index contributed by atoms with van der Waals surface area (Å²) in [5.74, 6) is -0.644. The maximum Gasteiger partial charge on any atom is 0.265 e. The summed E-state index contributed by atoms with van der Waals surface area (Å²) < 4.78 is 40.4. The van der Waals surface area contributed by atoms with Crippen LogP contribution in [-0.2, 0) is 10.0 Å². The van der Waals surface area contributed by atoms with E-state index in [1.165, 1.54) is 49.7 Å². The lowest BCUT2D eigenvalue weighted by Crippen LogP contribution is -2.22. The molecular weight excluding hydrogens is 439 g/mol. The third-order valence-electron chi connectivity index (χ3n) is 4.73. The second-order valence-electron chi connectivity index (χ2n) is 7.07. The molecule has 4 aromatic rings. The molecule has 160 valence electrons. The van der Waals surface area contributed by atoms with Crippen LogP contribution in [0.4, 0.5) is 10.1 Å². The van der Waals surface area contributed by atoms with Gasteiger partial charge in [0.05, 0.1) is 21.2 Å². The van der Waals surface area contributed by atoms with Crippen LogP contribution in [0.25, 0.3) is 15.9 Å². The second-order valence-corrected chi connectivity index (χ2v) is 10.3. The fourth-order valence-electron chi connectivity index (χ4n) is 3.03. The van der Waals surface area contributed by atoms with Crippen molar-refractivity contribution in [3.8, 4) is 5.69 Å². The Morgan fingerprint density at radius 3 is 2.35 bits per heavy atom. The van der Waals surface area contributed by atoms with Gasteiger partial charge in [-0.15, -0.1) is 11.3 Å². The highest BCUT2D eigenvalue weighted by Crippen LogP contribution is 2.31. The molecule has 0 aliphatic rings. The number of aryl methyl sites for hydroxylation is 1. The molecule has 0 spiro atoms. The molecule has 0 atom stereocenters. The van der Waals surface area contributed by atoms with Gasteiger partial charge >= 0.3 is 0 Å². The van der Waals surface area contributed by atoms with Gasteiger partial charge in [-0.25, -0.2) is 21.8 Å². The first-order chi connectivity index (χ1) is 14.7. The third-order valence-corrected chi connectivity index (χ3v) is 7.67. The van der Waals surface area contributed by atoms with Crippen molar-refractivity contribution in [3.05, 3.63) is 71.0 Å². The van der Waals surface area contributed by atoms with Crippen LogP contribution in [0, 0.1) is 12.7 Å². The number of nitrogens with zero attached hydrogens (tertiary/aromatic N) is 3. The summed E-state index contributed by atoms with van der Waals surface area (Å²) in [5.41, 5.74) is 1.94. The third kappa shape index (κ3) is 3.97. The summed E-state index contributed by atoms with van der Waals surface area (Å²) in [6.45, 7) is 1.85. The van der Waals surface area contributed by atoms with Crippen molar-refractivity contribution in [3.63, 3.8) is 0 Å². The van der Waals surface area contributed by atoms with E-state index in [4.69, 9.17) is 0 Å². The lowest BCUT2D eigenvalue weighted by Gasteiger charge is -2.11. The number of hydrogen-bond acceptors (Lipinski definition) is 5.